The van der Waals surface area contributed by atoms with E-state index in [1.165, 1.54) is 31.4 Å². The highest BCUT2D eigenvalue weighted by molar-refractivity contribution is 7.92. The molecule has 88 heavy (non-hydrogen) atoms. The van der Waals surface area contributed by atoms with E-state index in [9.17, 15) is 44.5 Å². The van der Waals surface area contributed by atoms with Crippen LogP contribution in [0.25, 0.3) is 0 Å². The molecule has 0 heterocycles. The summed E-state index contributed by atoms with van der Waals surface area (Å²) in [5.74, 6) is 2.48. The van der Waals surface area contributed by atoms with Crippen molar-refractivity contribution >= 4 is 31.6 Å². The quantitative estimate of drug-likeness (QED) is 0.134. The van der Waals surface area contributed by atoms with Gasteiger partial charge < -0.3 is 15.3 Å². The van der Waals surface area contributed by atoms with Gasteiger partial charge in [0.05, 0.1) is 24.7 Å². The van der Waals surface area contributed by atoms with E-state index in [1.54, 1.807) is 24.3 Å². The van der Waals surface area contributed by atoms with Gasteiger partial charge in [-0.3, -0.25) is 9.59 Å². The molecule has 8 aliphatic rings. The Morgan fingerprint density at radius 1 is 0.580 bits per heavy atom. The molecule has 10 rings (SSSR count). The van der Waals surface area contributed by atoms with Gasteiger partial charge in [-0.1, -0.05) is 167 Å². The van der Waals surface area contributed by atoms with Crippen LogP contribution in [-0.4, -0.2) is 61.8 Å². The highest BCUT2D eigenvalue weighted by Gasteiger charge is 2.67. The second-order valence-corrected chi connectivity index (χ2v) is 37.2. The number of hydrogen-bond donors (Lipinski definition) is 4. The molecule has 8 unspecified atom stereocenters. The zero-order valence-electron chi connectivity index (χ0n) is 61.3. The molecular weight excluding hydrogens is 1130 g/mol. The monoisotopic (exact) mass is 1260 g/mol. The first-order valence-corrected chi connectivity index (χ1v) is 38.0. The first-order valence-electron chi connectivity index (χ1n) is 36.9. The van der Waals surface area contributed by atoms with Crippen molar-refractivity contribution in [2.24, 2.45) is 121 Å². The van der Waals surface area contributed by atoms with Crippen molar-refractivity contribution in [3.8, 4) is 0 Å². The lowest BCUT2D eigenvalue weighted by molar-refractivity contribution is -0.198. The summed E-state index contributed by atoms with van der Waals surface area (Å²) >= 11 is 0. The molecule has 8 saturated carbocycles. The minimum atomic E-state index is -3.67. The minimum absolute atomic E-state index is 0.0247. The fourth-order valence-electron chi connectivity index (χ4n) is 21.4. The van der Waals surface area contributed by atoms with E-state index >= 15 is 0 Å². The molecule has 498 valence electrons. The van der Waals surface area contributed by atoms with Crippen molar-refractivity contribution in [1.82, 2.24) is 0 Å². The van der Waals surface area contributed by atoms with E-state index in [2.05, 4.69) is 96.9 Å². The topological polar surface area (TPSA) is 189 Å². The molecule has 24 atom stereocenters. The molecule has 2 aromatic rings. The summed E-state index contributed by atoms with van der Waals surface area (Å²) in [5, 5.41) is 38.4. The second kappa shape index (κ2) is 27.0. The van der Waals surface area contributed by atoms with Crippen LogP contribution >= 0.6 is 0 Å². The third-order valence-electron chi connectivity index (χ3n) is 26.5. The maximum absolute atomic E-state index is 13.0. The number of sulfonamides is 1. The van der Waals surface area contributed by atoms with E-state index in [4.69, 9.17) is 7.88 Å². The maximum Gasteiger partial charge on any atom is 0.303 e. The Bertz CT molecular complexity index is 3120. The lowest BCUT2D eigenvalue weighted by Crippen LogP contribution is -2.61. The number of carboxylic acid groups (broad SMARTS) is 1. The summed E-state index contributed by atoms with van der Waals surface area (Å²) in [7, 11) is -7.23. The fourth-order valence-corrected chi connectivity index (χ4v) is 23.2. The number of carbonyl (C=O) groups excluding carboxylic acids is 1. The van der Waals surface area contributed by atoms with E-state index in [0.717, 1.165) is 88.2 Å². The first-order chi connectivity index (χ1) is 42.3. The Balaban J connectivity index is 0.000000203. The number of carbonyl (C=O) groups is 2. The number of aliphatic hydroxyl groups is 2. The highest BCUT2D eigenvalue weighted by Crippen LogP contribution is 2.72. The lowest BCUT2D eigenvalue weighted by atomic mass is 9.41. The predicted octanol–water partition coefficient (Wildman–Crippen LogP) is 17.1. The average Bonchev–Trinajstić information content (AvgIpc) is 1.15. The number of sulfone groups is 1. The second-order valence-electron chi connectivity index (χ2n) is 33.7. The van der Waals surface area contributed by atoms with Crippen molar-refractivity contribution in [2.75, 3.05) is 5.75 Å². The number of ketones is 1. The van der Waals surface area contributed by atoms with Crippen molar-refractivity contribution < 1.29 is 47.2 Å². The molecule has 0 spiro atoms. The third-order valence-corrected chi connectivity index (χ3v) is 29.1. The van der Waals surface area contributed by atoms with Gasteiger partial charge >= 0.3 is 5.97 Å². The van der Waals surface area contributed by atoms with Gasteiger partial charge in [0.1, 0.15) is 11.5 Å². The number of primary sulfonamides is 1. The number of fused-ring (bicyclic) bond motifs is 10. The number of hydrogen-bond acceptors (Lipinski definition) is 8. The van der Waals surface area contributed by atoms with Crippen LogP contribution in [0.5, 0.6) is 0 Å². The summed E-state index contributed by atoms with van der Waals surface area (Å²) in [6.45, 7) is 35.1. The van der Waals surface area contributed by atoms with Gasteiger partial charge in [0, 0.05) is 15.6 Å². The number of carboxylic acids is 1. The van der Waals surface area contributed by atoms with Crippen molar-refractivity contribution in [3.05, 3.63) is 59.7 Å². The number of benzene rings is 2. The molecule has 12 heteroatoms. The van der Waals surface area contributed by atoms with E-state index in [1.807, 2.05) is 26.0 Å². The van der Waals surface area contributed by atoms with Crippen molar-refractivity contribution in [3.63, 3.8) is 0 Å². The Morgan fingerprint density at radius 3 is 1.33 bits per heavy atom. The molecule has 8 fully saturated rings. The van der Waals surface area contributed by atoms with Crippen molar-refractivity contribution in [2.45, 2.75) is 278 Å². The van der Waals surface area contributed by atoms with Gasteiger partial charge in [-0.2, -0.15) is 0 Å². The van der Waals surface area contributed by atoms with Gasteiger partial charge in [-0.05, 0) is 252 Å². The molecule has 0 aromatic heterocycles. The van der Waals surface area contributed by atoms with E-state index < -0.39 is 56.5 Å². The van der Waals surface area contributed by atoms with Crippen LogP contribution in [0.3, 0.4) is 0 Å². The van der Waals surface area contributed by atoms with Crippen LogP contribution in [-0.2, 0) is 40.3 Å². The van der Waals surface area contributed by atoms with Crippen LogP contribution in [0, 0.1) is 116 Å². The summed E-state index contributed by atoms with van der Waals surface area (Å²) < 4.78 is 84.5. The van der Waals surface area contributed by atoms with E-state index in [0.29, 0.717) is 66.1 Å². The van der Waals surface area contributed by atoms with Crippen LogP contribution < -0.4 is 5.14 Å². The Morgan fingerprint density at radius 2 is 0.955 bits per heavy atom. The SMILES string of the molecule is CC(C)(C)c1ccc(S(N)(=O)=O)cc1.[2H]C(C)[C@@H]1[C@@H]2C[C@H](C)CC[C@]2(C)C2CC[C@@]3(C)C(CC[C@@H]3[C@H](C)CCC(=O)O)C2[C@]1([2H])O.[2H]C(C)[C@@H]1[C@@H]2C[C@H](C)CC[C@]2(C)C2CC[C@@]3(C)C(CC[C@@H]3[C@H](C)CCCC(=O)CS(=O)(=O)c3ccc(C(C)(C)C)cc3)C2[C@]1([2H])O. The first kappa shape index (κ1) is 65.4. The summed E-state index contributed by atoms with van der Waals surface area (Å²) in [4.78, 5) is 24.4. The fraction of sp³-hybridized carbons (Fsp3) is 0.816. The van der Waals surface area contributed by atoms with Gasteiger partial charge in [0.25, 0.3) is 0 Å². The molecule has 0 bridgehead atoms. The third kappa shape index (κ3) is 14.2. The Labute approximate surface area is 541 Å². The van der Waals surface area contributed by atoms with Crippen LogP contribution in [0.15, 0.2) is 58.3 Å². The number of rotatable bonds is 15. The van der Waals surface area contributed by atoms with Crippen LogP contribution in [0.4, 0.5) is 0 Å². The predicted molar refractivity (Wildman–Crippen MR) is 358 cm³/mol. The molecule has 10 nitrogen and oxygen atoms in total. The number of Topliss-reactive ketones (excluding diaryl/α,β-unsaturated/α-hetero) is 1. The molecule has 0 saturated heterocycles. The number of aliphatic carboxylic acids is 1. The summed E-state index contributed by atoms with van der Waals surface area (Å²) in [5.41, 5.74) is 2.41. The molecular formula is C76H123NO9S2. The largest absolute Gasteiger partial charge is 0.481 e. The van der Waals surface area contributed by atoms with Crippen LogP contribution in [0.2, 0.25) is 0 Å². The summed E-state index contributed by atoms with van der Waals surface area (Å²) in [6.07, 6.45) is 14.2. The van der Waals surface area contributed by atoms with Crippen molar-refractivity contribution in [1.29, 1.82) is 0 Å². The average molecular weight is 1260 g/mol. The Kier molecular flexibility index (Phi) is 20.1. The zero-order chi connectivity index (χ0) is 68.7. The normalized spacial score (nSPS) is 42.5. The number of nitrogens with two attached hydrogens (primary N) is 1. The minimum Gasteiger partial charge on any atom is -0.481 e. The standard InChI is InChI=1S/C39H62O4S.C27H46O3.C10H15NO2S/c1-9-30-34-23-25(2)19-21-39(34,8)33-20-22-38(7)31(17-18-32(38)35(33)36(30)41)26(3)11-10-12-28(40)24-44(42,43)29-15-13-27(14-16-29)37(4,5)6;1-6-18-22-15-16(2)11-13-27(22,5)21-12-14-26(4)19(17(3)7-10-23(28)29)8-9-20(26)24(21)25(18)30;1-10(2,3)8-4-6-9(7-5-8)14(11,12)13/h13-16,25-26,30-36,41H,9-12,17-24H2,1-8H3;16-22,24-25,30H,6-15H2,1-5H3,(H,28,29);4-7H,1-3H3,(H2,11,12,13)/t25-,26-,30-,31-,32?,33?,34+,35?,36-,38-,39-;16-,17-,18-,19-,20?,21?,22+,24?,25-,26-,27-;/m11./s1/i9D,36D;6D,25D;/t9?,25-,26-,30-,31-,32?,33?,34+,35?,36-,38-,39-;6?,16-,17-,18-,19-,20?,21?,22+,24?,25-,26-,27-;. The van der Waals surface area contributed by atoms with Gasteiger partial charge in [0.2, 0.25) is 10.0 Å². The van der Waals surface area contributed by atoms with Gasteiger partial charge in [0.15, 0.2) is 9.84 Å². The van der Waals surface area contributed by atoms with Gasteiger partial charge in [-0.25, -0.2) is 22.0 Å². The maximum atomic E-state index is 13.0. The molecule has 2 aromatic carbocycles. The van der Waals surface area contributed by atoms with Crippen LogP contribution in [0.1, 0.15) is 262 Å². The van der Waals surface area contributed by atoms with E-state index in [-0.39, 0.29) is 102 Å². The molecule has 5 N–H and O–H groups in total. The van der Waals surface area contributed by atoms with Gasteiger partial charge in [-0.15, -0.1) is 0 Å². The molecule has 8 aliphatic carbocycles. The Hall–Kier alpha value is -2.64. The summed E-state index contributed by atoms with van der Waals surface area (Å²) in [6, 6.07) is 13.6. The zero-order valence-corrected chi connectivity index (χ0v) is 59.0. The molecule has 0 radical (unpaired) electrons. The smallest absolute Gasteiger partial charge is 0.303 e. The highest BCUT2D eigenvalue weighted by atomic mass is 32.2. The lowest BCUT2D eigenvalue weighted by Gasteiger charge is -2.65. The molecule has 0 aliphatic heterocycles. The molecule has 0 amide bonds.